The van der Waals surface area contributed by atoms with Crippen LogP contribution in [0.4, 0.5) is 11.4 Å². The second-order valence-electron chi connectivity index (χ2n) is 5.39. The number of benzene rings is 2. The van der Waals surface area contributed by atoms with E-state index in [2.05, 4.69) is 24.8 Å². The molecule has 21 heavy (non-hydrogen) atoms. The standard InChI is InChI=1S/C17H18ClNO2/c1-11(2)19(15-6-4-5-14(18)12(15)3)13-7-8-16-17(9-13)21-10-20-16/h4-9,11H,10H2,1-3H3. The fourth-order valence-electron chi connectivity index (χ4n) is 2.61. The number of ether oxygens (including phenoxy) is 2. The number of anilines is 2. The van der Waals surface area contributed by atoms with Gasteiger partial charge in [-0.05, 0) is 50.6 Å². The molecule has 2 aromatic carbocycles. The molecule has 3 rings (SSSR count). The van der Waals surface area contributed by atoms with Crippen LogP contribution >= 0.6 is 11.6 Å². The third kappa shape index (κ3) is 2.54. The van der Waals surface area contributed by atoms with Gasteiger partial charge in [0.25, 0.3) is 0 Å². The van der Waals surface area contributed by atoms with Crippen LogP contribution in [-0.4, -0.2) is 12.8 Å². The molecule has 0 radical (unpaired) electrons. The van der Waals surface area contributed by atoms with E-state index in [1.165, 1.54) is 0 Å². The monoisotopic (exact) mass is 303 g/mol. The molecule has 0 spiro atoms. The Hall–Kier alpha value is -1.87. The fourth-order valence-corrected chi connectivity index (χ4v) is 2.78. The van der Waals surface area contributed by atoms with E-state index in [9.17, 15) is 0 Å². The van der Waals surface area contributed by atoms with Gasteiger partial charge in [-0.2, -0.15) is 0 Å². The van der Waals surface area contributed by atoms with Crippen LogP contribution in [0.3, 0.4) is 0 Å². The van der Waals surface area contributed by atoms with E-state index in [1.807, 2.05) is 37.3 Å². The Morgan fingerprint density at radius 2 is 1.86 bits per heavy atom. The van der Waals surface area contributed by atoms with E-state index in [1.54, 1.807) is 0 Å². The third-order valence-electron chi connectivity index (χ3n) is 3.65. The number of hydrogen-bond donors (Lipinski definition) is 0. The van der Waals surface area contributed by atoms with E-state index in [4.69, 9.17) is 21.1 Å². The summed E-state index contributed by atoms with van der Waals surface area (Å²) in [4.78, 5) is 2.25. The molecule has 0 atom stereocenters. The molecule has 1 aliphatic rings. The predicted molar refractivity (Wildman–Crippen MR) is 86.0 cm³/mol. The summed E-state index contributed by atoms with van der Waals surface area (Å²) in [6, 6.07) is 12.3. The average Bonchev–Trinajstić information content (AvgIpc) is 2.91. The molecule has 0 aromatic heterocycles. The second-order valence-corrected chi connectivity index (χ2v) is 5.79. The molecule has 4 heteroatoms. The zero-order chi connectivity index (χ0) is 15.0. The molecule has 0 N–H and O–H groups in total. The number of halogens is 1. The molecule has 0 saturated carbocycles. The van der Waals surface area contributed by atoms with Crippen LogP contribution in [0.2, 0.25) is 5.02 Å². The topological polar surface area (TPSA) is 21.7 Å². The van der Waals surface area contributed by atoms with Gasteiger partial charge in [-0.15, -0.1) is 0 Å². The third-order valence-corrected chi connectivity index (χ3v) is 4.06. The van der Waals surface area contributed by atoms with Crippen molar-refractivity contribution in [1.29, 1.82) is 0 Å². The number of rotatable bonds is 3. The maximum atomic E-state index is 6.27. The van der Waals surface area contributed by atoms with Crippen molar-refractivity contribution >= 4 is 23.0 Å². The lowest BCUT2D eigenvalue weighted by atomic mass is 10.1. The Balaban J connectivity index is 2.08. The van der Waals surface area contributed by atoms with Crippen molar-refractivity contribution < 1.29 is 9.47 Å². The molecule has 1 heterocycles. The van der Waals surface area contributed by atoms with Gasteiger partial charge in [0.1, 0.15) is 0 Å². The molecule has 0 fully saturated rings. The molecule has 3 nitrogen and oxygen atoms in total. The van der Waals surface area contributed by atoms with Crippen molar-refractivity contribution in [2.75, 3.05) is 11.7 Å². The van der Waals surface area contributed by atoms with E-state index in [0.29, 0.717) is 6.04 Å². The van der Waals surface area contributed by atoms with E-state index in [0.717, 1.165) is 33.5 Å². The average molecular weight is 304 g/mol. The van der Waals surface area contributed by atoms with Crippen LogP contribution in [0.1, 0.15) is 19.4 Å². The Bertz CT molecular complexity index is 670. The molecule has 1 aliphatic heterocycles. The SMILES string of the molecule is Cc1c(Cl)cccc1N(c1ccc2c(c1)OCO2)C(C)C. The quantitative estimate of drug-likeness (QED) is 0.803. The van der Waals surface area contributed by atoms with Gasteiger partial charge in [-0.25, -0.2) is 0 Å². The zero-order valence-electron chi connectivity index (χ0n) is 12.4. The smallest absolute Gasteiger partial charge is 0.231 e. The summed E-state index contributed by atoms with van der Waals surface area (Å²) in [7, 11) is 0. The lowest BCUT2D eigenvalue weighted by Crippen LogP contribution is -2.26. The Morgan fingerprint density at radius 1 is 1.10 bits per heavy atom. The molecule has 0 amide bonds. The minimum atomic E-state index is 0.288. The van der Waals surface area contributed by atoms with Crippen LogP contribution in [0.5, 0.6) is 11.5 Å². The minimum Gasteiger partial charge on any atom is -0.454 e. The largest absolute Gasteiger partial charge is 0.454 e. The van der Waals surface area contributed by atoms with Gasteiger partial charge >= 0.3 is 0 Å². The van der Waals surface area contributed by atoms with Crippen molar-refractivity contribution in [3.8, 4) is 11.5 Å². The van der Waals surface area contributed by atoms with Crippen LogP contribution in [0.15, 0.2) is 36.4 Å². The highest BCUT2D eigenvalue weighted by atomic mass is 35.5. The van der Waals surface area contributed by atoms with Crippen molar-refractivity contribution in [3.05, 3.63) is 47.0 Å². The summed E-state index contributed by atoms with van der Waals surface area (Å²) in [6.07, 6.45) is 0. The van der Waals surface area contributed by atoms with Crippen molar-refractivity contribution in [3.63, 3.8) is 0 Å². The Labute approximate surface area is 130 Å². The molecular weight excluding hydrogens is 286 g/mol. The van der Waals surface area contributed by atoms with Gasteiger partial charge in [-0.3, -0.25) is 0 Å². The first-order valence-corrected chi connectivity index (χ1v) is 7.39. The summed E-state index contributed by atoms with van der Waals surface area (Å²) < 4.78 is 10.9. The van der Waals surface area contributed by atoms with Crippen LogP contribution in [-0.2, 0) is 0 Å². The number of fused-ring (bicyclic) bond motifs is 1. The number of hydrogen-bond acceptors (Lipinski definition) is 3. The van der Waals surface area contributed by atoms with Crippen molar-refractivity contribution in [2.45, 2.75) is 26.8 Å². The van der Waals surface area contributed by atoms with Crippen molar-refractivity contribution in [1.82, 2.24) is 0 Å². The lowest BCUT2D eigenvalue weighted by molar-refractivity contribution is 0.174. The number of nitrogens with zero attached hydrogens (tertiary/aromatic N) is 1. The van der Waals surface area contributed by atoms with E-state index in [-0.39, 0.29) is 6.79 Å². The van der Waals surface area contributed by atoms with Gasteiger partial charge in [0, 0.05) is 28.5 Å². The summed E-state index contributed by atoms with van der Waals surface area (Å²) in [5, 5.41) is 0.777. The van der Waals surface area contributed by atoms with Gasteiger partial charge < -0.3 is 14.4 Å². The molecule has 0 unspecified atom stereocenters. The summed E-state index contributed by atoms with van der Waals surface area (Å²) in [5.41, 5.74) is 3.25. The molecule has 0 bridgehead atoms. The first-order chi connectivity index (χ1) is 10.1. The zero-order valence-corrected chi connectivity index (χ0v) is 13.1. The summed E-state index contributed by atoms with van der Waals surface area (Å²) in [6.45, 7) is 6.65. The highest BCUT2D eigenvalue weighted by Crippen LogP contribution is 2.40. The maximum Gasteiger partial charge on any atom is 0.231 e. The highest BCUT2D eigenvalue weighted by Gasteiger charge is 2.20. The van der Waals surface area contributed by atoms with E-state index < -0.39 is 0 Å². The summed E-state index contributed by atoms with van der Waals surface area (Å²) in [5.74, 6) is 1.59. The minimum absolute atomic E-state index is 0.288. The van der Waals surface area contributed by atoms with Gasteiger partial charge in [-0.1, -0.05) is 17.7 Å². The van der Waals surface area contributed by atoms with Crippen LogP contribution in [0, 0.1) is 6.92 Å². The fraction of sp³-hybridized carbons (Fsp3) is 0.294. The van der Waals surface area contributed by atoms with Crippen molar-refractivity contribution in [2.24, 2.45) is 0 Å². The molecule has 110 valence electrons. The Morgan fingerprint density at radius 3 is 2.62 bits per heavy atom. The van der Waals surface area contributed by atoms with Gasteiger partial charge in [0.15, 0.2) is 11.5 Å². The Kier molecular flexibility index (Phi) is 3.68. The molecule has 0 saturated heterocycles. The molecular formula is C17H18ClNO2. The van der Waals surface area contributed by atoms with Gasteiger partial charge in [0.05, 0.1) is 0 Å². The molecule has 2 aromatic rings. The van der Waals surface area contributed by atoms with Gasteiger partial charge in [0.2, 0.25) is 6.79 Å². The lowest BCUT2D eigenvalue weighted by Gasteiger charge is -2.31. The summed E-state index contributed by atoms with van der Waals surface area (Å²) >= 11 is 6.27. The second kappa shape index (κ2) is 5.49. The maximum absolute atomic E-state index is 6.27. The normalized spacial score (nSPS) is 12.8. The van der Waals surface area contributed by atoms with E-state index >= 15 is 0 Å². The molecule has 0 aliphatic carbocycles. The predicted octanol–water partition coefficient (Wildman–Crippen LogP) is 4.92. The van der Waals surface area contributed by atoms with Crippen LogP contribution < -0.4 is 14.4 Å². The first kappa shape index (κ1) is 14.1. The van der Waals surface area contributed by atoms with Crippen LogP contribution in [0.25, 0.3) is 0 Å². The highest BCUT2D eigenvalue weighted by molar-refractivity contribution is 6.31. The first-order valence-electron chi connectivity index (χ1n) is 7.02.